The van der Waals surface area contributed by atoms with Crippen LogP contribution in [0.15, 0.2) is 0 Å². The first-order valence-electron chi connectivity index (χ1n) is 6.58. The Morgan fingerprint density at radius 2 is 2.33 bits per heavy atom. The van der Waals surface area contributed by atoms with Crippen molar-refractivity contribution in [3.63, 3.8) is 0 Å². The van der Waals surface area contributed by atoms with E-state index < -0.39 is 5.97 Å². The van der Waals surface area contributed by atoms with Gasteiger partial charge >= 0.3 is 5.97 Å². The quantitative estimate of drug-likeness (QED) is 0.862. The standard InChI is InChI=1S/C12H20N4O2/c1-8-4-3-5-10(8)11-13-14-15-16(11)7-6-9(2)12(17)18/h8-10H,3-7H2,1-2H3,(H,17,18). The SMILES string of the molecule is CC(CCn1nnnc1C1CCCC1C)C(=O)O. The second-order valence-corrected chi connectivity index (χ2v) is 5.30. The topological polar surface area (TPSA) is 80.9 Å². The number of aliphatic carboxylic acids is 1. The molecule has 0 saturated heterocycles. The second kappa shape index (κ2) is 5.46. The first-order valence-corrected chi connectivity index (χ1v) is 6.58. The molecule has 1 heterocycles. The van der Waals surface area contributed by atoms with Gasteiger partial charge in [-0.15, -0.1) is 5.10 Å². The summed E-state index contributed by atoms with van der Waals surface area (Å²) >= 11 is 0. The lowest BCUT2D eigenvalue weighted by Crippen LogP contribution is -2.17. The molecule has 6 heteroatoms. The van der Waals surface area contributed by atoms with Crippen LogP contribution < -0.4 is 0 Å². The highest BCUT2D eigenvalue weighted by atomic mass is 16.4. The zero-order valence-electron chi connectivity index (χ0n) is 10.9. The summed E-state index contributed by atoms with van der Waals surface area (Å²) in [6.07, 6.45) is 4.15. The molecule has 0 bridgehead atoms. The average Bonchev–Trinajstić information content (AvgIpc) is 2.93. The number of tetrazole rings is 1. The molecule has 1 aromatic rings. The Labute approximate surface area is 106 Å². The fraction of sp³-hybridized carbons (Fsp3) is 0.833. The number of hydrogen-bond acceptors (Lipinski definition) is 4. The van der Waals surface area contributed by atoms with Crippen molar-refractivity contribution in [2.45, 2.75) is 52.0 Å². The van der Waals surface area contributed by atoms with Crippen molar-refractivity contribution in [3.8, 4) is 0 Å². The Kier molecular flexibility index (Phi) is 3.93. The Morgan fingerprint density at radius 3 is 2.94 bits per heavy atom. The van der Waals surface area contributed by atoms with E-state index in [0.717, 1.165) is 12.2 Å². The van der Waals surface area contributed by atoms with Gasteiger partial charge in [-0.2, -0.15) is 0 Å². The van der Waals surface area contributed by atoms with Crippen LogP contribution in [-0.4, -0.2) is 31.3 Å². The van der Waals surface area contributed by atoms with Crippen LogP contribution >= 0.6 is 0 Å². The van der Waals surface area contributed by atoms with Crippen LogP contribution in [0.3, 0.4) is 0 Å². The van der Waals surface area contributed by atoms with Crippen LogP contribution in [0.1, 0.15) is 51.3 Å². The van der Waals surface area contributed by atoms with Crippen molar-refractivity contribution in [1.29, 1.82) is 0 Å². The van der Waals surface area contributed by atoms with E-state index in [0.29, 0.717) is 24.8 Å². The monoisotopic (exact) mass is 252 g/mol. The molecule has 6 nitrogen and oxygen atoms in total. The molecule has 2 rings (SSSR count). The number of carboxylic acids is 1. The van der Waals surface area contributed by atoms with E-state index in [1.165, 1.54) is 12.8 Å². The zero-order chi connectivity index (χ0) is 13.1. The molecule has 1 N–H and O–H groups in total. The summed E-state index contributed by atoms with van der Waals surface area (Å²) in [7, 11) is 0. The summed E-state index contributed by atoms with van der Waals surface area (Å²) in [5.74, 6) is 0.853. The van der Waals surface area contributed by atoms with E-state index >= 15 is 0 Å². The minimum atomic E-state index is -0.765. The minimum Gasteiger partial charge on any atom is -0.481 e. The predicted octanol–water partition coefficient (Wildman–Crippen LogP) is 1.69. The smallest absolute Gasteiger partial charge is 0.306 e. The molecular formula is C12H20N4O2. The maximum atomic E-state index is 10.8. The number of nitrogens with zero attached hydrogens (tertiary/aromatic N) is 4. The lowest BCUT2D eigenvalue weighted by Gasteiger charge is -2.15. The van der Waals surface area contributed by atoms with Crippen LogP contribution in [0.2, 0.25) is 0 Å². The van der Waals surface area contributed by atoms with Gasteiger partial charge in [-0.3, -0.25) is 4.79 Å². The first-order chi connectivity index (χ1) is 8.59. The average molecular weight is 252 g/mol. The van der Waals surface area contributed by atoms with Crippen LogP contribution in [0.5, 0.6) is 0 Å². The highest BCUT2D eigenvalue weighted by Gasteiger charge is 2.29. The van der Waals surface area contributed by atoms with Gasteiger partial charge in [-0.05, 0) is 35.6 Å². The third-order valence-corrected chi connectivity index (χ3v) is 3.95. The molecule has 1 aliphatic rings. The van der Waals surface area contributed by atoms with E-state index in [9.17, 15) is 4.79 Å². The van der Waals surface area contributed by atoms with Gasteiger partial charge in [0, 0.05) is 12.5 Å². The first kappa shape index (κ1) is 13.0. The fourth-order valence-corrected chi connectivity index (χ4v) is 2.60. The van der Waals surface area contributed by atoms with Crippen molar-refractivity contribution in [1.82, 2.24) is 20.2 Å². The van der Waals surface area contributed by atoms with Crippen LogP contribution in [0.4, 0.5) is 0 Å². The van der Waals surface area contributed by atoms with Gasteiger partial charge in [0.25, 0.3) is 0 Å². The highest BCUT2D eigenvalue weighted by Crippen LogP contribution is 2.37. The Hall–Kier alpha value is -1.46. The van der Waals surface area contributed by atoms with Gasteiger partial charge in [0.2, 0.25) is 0 Å². The summed E-state index contributed by atoms with van der Waals surface area (Å²) in [6.45, 7) is 4.53. The molecule has 1 aliphatic carbocycles. The van der Waals surface area contributed by atoms with Crippen LogP contribution in [0, 0.1) is 11.8 Å². The predicted molar refractivity (Wildman–Crippen MR) is 65.0 cm³/mol. The van der Waals surface area contributed by atoms with Gasteiger partial charge in [0.05, 0.1) is 5.92 Å². The molecule has 0 aromatic carbocycles. The number of carbonyl (C=O) groups is 1. The molecule has 0 spiro atoms. The molecular weight excluding hydrogens is 232 g/mol. The molecule has 3 unspecified atom stereocenters. The molecule has 1 fully saturated rings. The van der Waals surface area contributed by atoms with E-state index in [1.54, 1.807) is 11.6 Å². The van der Waals surface area contributed by atoms with Crippen LogP contribution in [-0.2, 0) is 11.3 Å². The van der Waals surface area contributed by atoms with Gasteiger partial charge in [-0.25, -0.2) is 4.68 Å². The summed E-state index contributed by atoms with van der Waals surface area (Å²) in [6, 6.07) is 0. The van der Waals surface area contributed by atoms with Gasteiger partial charge in [0.15, 0.2) is 5.82 Å². The molecule has 1 saturated carbocycles. The third-order valence-electron chi connectivity index (χ3n) is 3.95. The summed E-state index contributed by atoms with van der Waals surface area (Å²) in [5.41, 5.74) is 0. The summed E-state index contributed by atoms with van der Waals surface area (Å²) in [5, 5.41) is 20.7. The van der Waals surface area contributed by atoms with Crippen molar-refractivity contribution in [2.24, 2.45) is 11.8 Å². The van der Waals surface area contributed by atoms with Crippen molar-refractivity contribution in [2.75, 3.05) is 0 Å². The summed E-state index contributed by atoms with van der Waals surface area (Å²) in [4.78, 5) is 10.8. The second-order valence-electron chi connectivity index (χ2n) is 5.30. The Balaban J connectivity index is 2.01. The molecule has 0 aliphatic heterocycles. The lowest BCUT2D eigenvalue weighted by molar-refractivity contribution is -0.141. The maximum absolute atomic E-state index is 10.8. The van der Waals surface area contributed by atoms with E-state index in [4.69, 9.17) is 5.11 Å². The third kappa shape index (κ3) is 2.68. The van der Waals surface area contributed by atoms with Gasteiger partial charge < -0.3 is 5.11 Å². The zero-order valence-corrected chi connectivity index (χ0v) is 10.9. The number of carboxylic acid groups (broad SMARTS) is 1. The Bertz CT molecular complexity index is 418. The minimum absolute atomic E-state index is 0.358. The maximum Gasteiger partial charge on any atom is 0.306 e. The largest absolute Gasteiger partial charge is 0.481 e. The van der Waals surface area contributed by atoms with Crippen LogP contribution in [0.25, 0.3) is 0 Å². The highest BCUT2D eigenvalue weighted by molar-refractivity contribution is 5.69. The lowest BCUT2D eigenvalue weighted by atomic mass is 9.97. The number of aryl methyl sites for hydroxylation is 1. The summed E-state index contributed by atoms with van der Waals surface area (Å²) < 4.78 is 1.78. The number of aromatic nitrogens is 4. The molecule has 0 radical (unpaired) electrons. The number of rotatable bonds is 5. The van der Waals surface area contributed by atoms with Gasteiger partial charge in [-0.1, -0.05) is 20.3 Å². The van der Waals surface area contributed by atoms with Gasteiger partial charge in [0.1, 0.15) is 0 Å². The van der Waals surface area contributed by atoms with Crippen molar-refractivity contribution < 1.29 is 9.90 Å². The molecule has 0 amide bonds. The Morgan fingerprint density at radius 1 is 1.56 bits per heavy atom. The van der Waals surface area contributed by atoms with Crippen molar-refractivity contribution >= 4 is 5.97 Å². The molecule has 3 atom stereocenters. The van der Waals surface area contributed by atoms with Crippen molar-refractivity contribution in [3.05, 3.63) is 5.82 Å². The van der Waals surface area contributed by atoms with E-state index in [2.05, 4.69) is 22.4 Å². The van der Waals surface area contributed by atoms with E-state index in [-0.39, 0.29) is 5.92 Å². The molecule has 1 aromatic heterocycles. The van der Waals surface area contributed by atoms with E-state index in [1.807, 2.05) is 0 Å². The molecule has 100 valence electrons. The number of hydrogen-bond donors (Lipinski definition) is 1. The fourth-order valence-electron chi connectivity index (χ4n) is 2.60. The molecule has 18 heavy (non-hydrogen) atoms. The normalized spacial score (nSPS) is 25.2.